The van der Waals surface area contributed by atoms with Gasteiger partial charge in [-0.05, 0) is 44.5 Å². The average molecular weight is 447 g/mol. The van der Waals surface area contributed by atoms with Gasteiger partial charge < -0.3 is 32.9 Å². The third-order valence-electron chi connectivity index (χ3n) is 5.29. The number of benzene rings is 3. The maximum absolute atomic E-state index is 12.4. The van der Waals surface area contributed by atoms with Gasteiger partial charge in [0.25, 0.3) is 17.7 Å². The Morgan fingerprint density at radius 3 is 2.03 bits per heavy atom. The average Bonchev–Trinajstić information content (AvgIpc) is 2.72. The first kappa shape index (κ1) is 23.1. The van der Waals surface area contributed by atoms with Crippen LogP contribution in [-0.4, -0.2) is 22.8 Å². The Morgan fingerprint density at radius 2 is 1.42 bits per heavy atom. The van der Waals surface area contributed by atoms with Crippen LogP contribution in [0.2, 0.25) is 0 Å². The molecule has 0 saturated heterocycles. The van der Waals surface area contributed by atoms with E-state index in [1.54, 1.807) is 43.3 Å². The molecule has 0 saturated carbocycles. The van der Waals surface area contributed by atoms with E-state index in [-0.39, 0.29) is 39.4 Å². The van der Waals surface area contributed by atoms with E-state index in [1.165, 1.54) is 13.0 Å². The Hall–Kier alpha value is -4.53. The summed E-state index contributed by atoms with van der Waals surface area (Å²) in [6, 6.07) is 11.5. The fourth-order valence-electron chi connectivity index (χ4n) is 3.65. The highest BCUT2D eigenvalue weighted by Gasteiger charge is 2.22. The van der Waals surface area contributed by atoms with E-state index in [9.17, 15) is 19.5 Å². The topological polar surface area (TPSA) is 174 Å². The molecule has 0 aliphatic heterocycles. The molecule has 9 nitrogen and oxygen atoms in total. The second kappa shape index (κ2) is 8.91. The molecule has 0 aliphatic rings. The molecule has 3 amide bonds. The molecule has 0 heterocycles. The van der Waals surface area contributed by atoms with E-state index < -0.39 is 17.7 Å². The van der Waals surface area contributed by atoms with Gasteiger partial charge in [0, 0.05) is 11.6 Å². The summed E-state index contributed by atoms with van der Waals surface area (Å²) >= 11 is 0. The van der Waals surface area contributed by atoms with Crippen molar-refractivity contribution in [3.05, 3.63) is 75.8 Å². The van der Waals surface area contributed by atoms with Gasteiger partial charge in [-0.2, -0.15) is 0 Å². The van der Waals surface area contributed by atoms with Gasteiger partial charge in [-0.3, -0.25) is 14.4 Å². The Bertz CT molecular complexity index is 1300. The second-order valence-electron chi connectivity index (χ2n) is 7.71. The normalized spacial score (nSPS) is 10.5. The fraction of sp³-hybridized carbons (Fsp3) is 0.125. The summed E-state index contributed by atoms with van der Waals surface area (Å²) in [4.78, 5) is 36.4. The number of aromatic hydroxyl groups is 1. The third-order valence-corrected chi connectivity index (χ3v) is 5.29. The summed E-state index contributed by atoms with van der Waals surface area (Å²) in [5, 5.41) is 16.6. The van der Waals surface area contributed by atoms with Crippen LogP contribution >= 0.6 is 0 Å². The quantitative estimate of drug-likeness (QED) is 0.303. The number of nitrogens with two attached hydrogens (primary N) is 3. The van der Waals surface area contributed by atoms with Crippen molar-refractivity contribution in [1.82, 2.24) is 0 Å². The fourth-order valence-corrected chi connectivity index (χ4v) is 3.65. The van der Waals surface area contributed by atoms with E-state index >= 15 is 0 Å². The number of rotatable bonds is 7. The van der Waals surface area contributed by atoms with Crippen LogP contribution < -0.4 is 27.8 Å². The summed E-state index contributed by atoms with van der Waals surface area (Å²) in [7, 11) is 0. The molecule has 3 aromatic carbocycles. The van der Waals surface area contributed by atoms with E-state index in [4.69, 9.17) is 17.2 Å². The van der Waals surface area contributed by atoms with Gasteiger partial charge in [0.05, 0.1) is 39.4 Å². The van der Waals surface area contributed by atoms with Gasteiger partial charge in [0.1, 0.15) is 5.75 Å². The van der Waals surface area contributed by atoms with Crippen LogP contribution in [0.15, 0.2) is 42.5 Å². The van der Waals surface area contributed by atoms with E-state index in [1.807, 2.05) is 6.92 Å². The summed E-state index contributed by atoms with van der Waals surface area (Å²) in [5.41, 5.74) is 20.0. The number of aryl methyl sites for hydroxylation is 2. The van der Waals surface area contributed by atoms with Gasteiger partial charge >= 0.3 is 0 Å². The molecule has 0 aliphatic carbocycles. The molecule has 33 heavy (non-hydrogen) atoms. The third kappa shape index (κ3) is 4.57. The molecule has 0 bridgehead atoms. The summed E-state index contributed by atoms with van der Waals surface area (Å²) in [5.74, 6) is -2.31. The summed E-state index contributed by atoms with van der Waals surface area (Å²) in [6.45, 7) is 5.08. The molecule has 0 radical (unpaired) electrons. The molecule has 170 valence electrons. The lowest BCUT2D eigenvalue weighted by atomic mass is 10.0. The Balaban J connectivity index is 2.26. The number of hydrogen-bond acceptors (Lipinski definition) is 6. The predicted octanol–water partition coefficient (Wildman–Crippen LogP) is 3.10. The van der Waals surface area contributed by atoms with Crippen LogP contribution in [-0.2, 0) is 0 Å². The molecule has 3 aromatic rings. The number of primary amides is 3. The Kier molecular flexibility index (Phi) is 6.25. The SMILES string of the molecule is Cc1ccc(Nc2c(Nc3cccc(C)c3C(N)=O)cc(O)c(C)c2C(N)=O)c(C(N)=O)c1. The summed E-state index contributed by atoms with van der Waals surface area (Å²) < 4.78 is 0. The molecule has 0 spiro atoms. The van der Waals surface area contributed by atoms with Crippen molar-refractivity contribution in [2.75, 3.05) is 10.6 Å². The molecule has 3 rings (SSSR count). The number of amides is 3. The highest BCUT2D eigenvalue weighted by molar-refractivity contribution is 6.08. The molecule has 0 fully saturated rings. The van der Waals surface area contributed by atoms with Gasteiger partial charge in [0.2, 0.25) is 0 Å². The van der Waals surface area contributed by atoms with Crippen molar-refractivity contribution in [3.63, 3.8) is 0 Å². The maximum Gasteiger partial charge on any atom is 0.251 e. The summed E-state index contributed by atoms with van der Waals surface area (Å²) in [6.07, 6.45) is 0. The number of phenolic OH excluding ortho intramolecular Hbond substituents is 1. The molecule has 9 heteroatoms. The van der Waals surface area contributed by atoms with Gasteiger partial charge in [-0.25, -0.2) is 0 Å². The van der Waals surface area contributed by atoms with Crippen LogP contribution in [0.1, 0.15) is 47.8 Å². The zero-order valence-electron chi connectivity index (χ0n) is 18.4. The number of hydrogen-bond donors (Lipinski definition) is 6. The zero-order valence-corrected chi connectivity index (χ0v) is 18.4. The molecular formula is C24H25N5O4. The van der Waals surface area contributed by atoms with Crippen LogP contribution in [0.4, 0.5) is 22.7 Å². The monoisotopic (exact) mass is 447 g/mol. The van der Waals surface area contributed by atoms with Gasteiger partial charge in [0.15, 0.2) is 0 Å². The van der Waals surface area contributed by atoms with Crippen LogP contribution in [0, 0.1) is 20.8 Å². The molecular weight excluding hydrogens is 422 g/mol. The number of nitrogens with one attached hydrogen (secondary N) is 2. The second-order valence-corrected chi connectivity index (χ2v) is 7.71. The van der Waals surface area contributed by atoms with Crippen LogP contribution in [0.5, 0.6) is 5.75 Å². The highest BCUT2D eigenvalue weighted by Crippen LogP contribution is 2.39. The minimum absolute atomic E-state index is 0.00164. The maximum atomic E-state index is 12.4. The smallest absolute Gasteiger partial charge is 0.251 e. The molecule has 0 aromatic heterocycles. The lowest BCUT2D eigenvalue weighted by Gasteiger charge is -2.21. The van der Waals surface area contributed by atoms with Crippen LogP contribution in [0.3, 0.4) is 0 Å². The predicted molar refractivity (Wildman–Crippen MR) is 127 cm³/mol. The molecule has 9 N–H and O–H groups in total. The minimum Gasteiger partial charge on any atom is -0.508 e. The standard InChI is InChI=1S/C24H25N5O4/c1-11-7-8-15(14(9-11)22(25)31)29-21-17(10-18(30)13(3)20(21)24(27)33)28-16-6-4-5-12(2)19(16)23(26)32/h4-10,28-30H,1-3H3,(H2,25,31)(H2,26,32)(H2,27,33). The van der Waals surface area contributed by atoms with Crippen molar-refractivity contribution in [3.8, 4) is 5.75 Å². The number of carbonyl (C=O) groups is 3. The van der Waals surface area contributed by atoms with E-state index in [2.05, 4.69) is 10.6 Å². The zero-order chi connectivity index (χ0) is 24.4. The lowest BCUT2D eigenvalue weighted by Crippen LogP contribution is -2.19. The van der Waals surface area contributed by atoms with E-state index in [0.29, 0.717) is 16.9 Å². The Labute approximate surface area is 190 Å². The van der Waals surface area contributed by atoms with Crippen molar-refractivity contribution >= 4 is 40.5 Å². The Morgan fingerprint density at radius 1 is 0.758 bits per heavy atom. The van der Waals surface area contributed by atoms with Gasteiger partial charge in [-0.15, -0.1) is 0 Å². The van der Waals surface area contributed by atoms with Crippen molar-refractivity contribution in [1.29, 1.82) is 0 Å². The number of anilines is 4. The van der Waals surface area contributed by atoms with Crippen molar-refractivity contribution < 1.29 is 19.5 Å². The lowest BCUT2D eigenvalue weighted by molar-refractivity contribution is 0.0991. The van der Waals surface area contributed by atoms with Crippen LogP contribution in [0.25, 0.3) is 0 Å². The first-order valence-electron chi connectivity index (χ1n) is 10.0. The van der Waals surface area contributed by atoms with Crippen molar-refractivity contribution in [2.45, 2.75) is 20.8 Å². The number of phenols is 1. The number of carbonyl (C=O) groups excluding carboxylic acids is 3. The van der Waals surface area contributed by atoms with Crippen molar-refractivity contribution in [2.24, 2.45) is 17.2 Å². The van der Waals surface area contributed by atoms with Gasteiger partial charge in [-0.1, -0.05) is 23.8 Å². The first-order chi connectivity index (χ1) is 15.5. The first-order valence-corrected chi connectivity index (χ1v) is 10.0. The molecule has 0 unspecified atom stereocenters. The molecule has 0 atom stereocenters. The van der Waals surface area contributed by atoms with E-state index in [0.717, 1.165) is 5.56 Å². The minimum atomic E-state index is -0.805. The largest absolute Gasteiger partial charge is 0.508 e. The highest BCUT2D eigenvalue weighted by atomic mass is 16.3.